The second kappa shape index (κ2) is 10.1. The molecule has 13 heteroatoms. The summed E-state index contributed by atoms with van der Waals surface area (Å²) in [5.74, 6) is -0.438. The first-order chi connectivity index (χ1) is 17.0. The minimum absolute atomic E-state index is 0.0832. The molecule has 2 aromatic carbocycles. The number of halogens is 2. The van der Waals surface area contributed by atoms with E-state index in [9.17, 15) is 17.6 Å². The van der Waals surface area contributed by atoms with Gasteiger partial charge in [0.1, 0.15) is 16.1 Å². The van der Waals surface area contributed by atoms with E-state index in [0.717, 1.165) is 12.1 Å². The lowest BCUT2D eigenvalue weighted by atomic mass is 10.2. The Morgan fingerprint density at radius 3 is 2.58 bits per heavy atom. The van der Waals surface area contributed by atoms with Gasteiger partial charge in [0.15, 0.2) is 11.5 Å². The molecule has 0 unspecified atom stereocenters. The number of carbonyl (C=O) groups is 1. The van der Waals surface area contributed by atoms with Crippen LogP contribution in [-0.2, 0) is 14.8 Å². The minimum Gasteiger partial charge on any atom is -0.476 e. The van der Waals surface area contributed by atoms with E-state index in [0.29, 0.717) is 28.1 Å². The highest BCUT2D eigenvalue weighted by molar-refractivity contribution is 7.92. The number of fused-ring (bicyclic) bond motifs is 1. The maximum Gasteiger partial charge on any atom is 0.264 e. The normalized spacial score (nSPS) is 11.5. The second-order valence-corrected chi connectivity index (χ2v) is 10.1. The zero-order chi connectivity index (χ0) is 26.0. The summed E-state index contributed by atoms with van der Waals surface area (Å²) in [4.78, 5) is 21.8. The molecule has 4 aromatic rings. The highest BCUT2D eigenvalue weighted by Crippen LogP contribution is 2.29. The minimum atomic E-state index is -4.21. The van der Waals surface area contributed by atoms with E-state index in [1.807, 2.05) is 0 Å². The van der Waals surface area contributed by atoms with E-state index < -0.39 is 20.7 Å². The van der Waals surface area contributed by atoms with E-state index in [-0.39, 0.29) is 35.5 Å². The fourth-order valence-corrected chi connectivity index (χ4v) is 4.70. The van der Waals surface area contributed by atoms with Crippen LogP contribution in [0.3, 0.4) is 0 Å². The lowest BCUT2D eigenvalue weighted by molar-refractivity contribution is -0.129. The Morgan fingerprint density at radius 1 is 1.17 bits per heavy atom. The van der Waals surface area contributed by atoms with Crippen LogP contribution in [-0.4, -0.2) is 60.1 Å². The molecule has 0 aliphatic carbocycles. The lowest BCUT2D eigenvalue weighted by Gasteiger charge is -2.12. The summed E-state index contributed by atoms with van der Waals surface area (Å²) in [7, 11) is -0.875. The Kier molecular flexibility index (Phi) is 7.09. The van der Waals surface area contributed by atoms with Crippen LogP contribution in [0.4, 0.5) is 10.1 Å². The zero-order valence-corrected chi connectivity index (χ0v) is 21.1. The van der Waals surface area contributed by atoms with Crippen molar-refractivity contribution in [3.05, 3.63) is 59.0 Å². The van der Waals surface area contributed by atoms with Gasteiger partial charge in [0.25, 0.3) is 10.0 Å². The third-order valence-electron chi connectivity index (χ3n) is 5.19. The first kappa shape index (κ1) is 25.3. The van der Waals surface area contributed by atoms with Gasteiger partial charge >= 0.3 is 0 Å². The molecule has 0 aliphatic heterocycles. The van der Waals surface area contributed by atoms with Crippen LogP contribution in [0.2, 0.25) is 5.02 Å². The third kappa shape index (κ3) is 5.39. The number of aromatic nitrogens is 4. The van der Waals surface area contributed by atoms with E-state index in [2.05, 4.69) is 24.9 Å². The van der Waals surface area contributed by atoms with Gasteiger partial charge in [-0.25, -0.2) is 17.8 Å². The van der Waals surface area contributed by atoms with Crippen LogP contribution in [0.25, 0.3) is 22.4 Å². The van der Waals surface area contributed by atoms with E-state index in [4.69, 9.17) is 16.3 Å². The predicted molar refractivity (Wildman–Crippen MR) is 133 cm³/mol. The van der Waals surface area contributed by atoms with Gasteiger partial charge in [0.05, 0.1) is 13.0 Å². The van der Waals surface area contributed by atoms with Crippen molar-refractivity contribution in [3.8, 4) is 17.3 Å². The number of anilines is 1. The van der Waals surface area contributed by atoms with Crippen molar-refractivity contribution in [2.24, 2.45) is 0 Å². The Balaban J connectivity index is 1.59. The van der Waals surface area contributed by atoms with E-state index in [1.54, 1.807) is 33.2 Å². The molecule has 0 aliphatic rings. The number of ether oxygens (including phenoxy) is 1. The maximum atomic E-state index is 14.1. The Morgan fingerprint density at radius 2 is 1.89 bits per heavy atom. The summed E-state index contributed by atoms with van der Waals surface area (Å²) in [5.41, 5.74) is 1.85. The molecule has 0 fully saturated rings. The molecule has 2 N–H and O–H groups in total. The Labute approximate surface area is 211 Å². The quantitative estimate of drug-likeness (QED) is 0.353. The molecule has 0 atom stereocenters. The van der Waals surface area contributed by atoms with Gasteiger partial charge in [0, 0.05) is 36.1 Å². The SMILES string of the molecule is Cc1[nH]nc2nc(-c3ccc(NS(=O)(=O)c4cc(Cl)ccc4F)cc3)nc(OCCC(=O)N(C)C)c12. The molecule has 0 bridgehead atoms. The first-order valence-electron chi connectivity index (χ1n) is 10.7. The number of rotatable bonds is 8. The molecule has 2 heterocycles. The topological polar surface area (TPSA) is 130 Å². The molecule has 1 amide bonds. The van der Waals surface area contributed by atoms with Crippen LogP contribution in [0.1, 0.15) is 12.1 Å². The molecule has 0 radical (unpaired) electrons. The molecular formula is C23H22ClFN6O4S. The molecule has 4 rings (SSSR count). The van der Waals surface area contributed by atoms with Crippen LogP contribution in [0.5, 0.6) is 5.88 Å². The fraction of sp³-hybridized carbons (Fsp3) is 0.217. The number of aryl methyl sites for hydroxylation is 1. The van der Waals surface area contributed by atoms with Crippen LogP contribution in [0.15, 0.2) is 47.4 Å². The van der Waals surface area contributed by atoms with Gasteiger partial charge < -0.3 is 9.64 Å². The zero-order valence-electron chi connectivity index (χ0n) is 19.5. The Bertz CT molecular complexity index is 1540. The number of carbonyl (C=O) groups excluding carboxylic acids is 1. The third-order valence-corrected chi connectivity index (χ3v) is 6.82. The van der Waals surface area contributed by atoms with E-state index >= 15 is 0 Å². The highest BCUT2D eigenvalue weighted by Gasteiger charge is 2.20. The standard InChI is InChI=1S/C23H22ClFN6O4S/c1-13-20-22(29-28-13)26-21(27-23(20)35-11-10-19(32)31(2)3)14-4-7-16(8-5-14)30-36(33,34)18-12-15(24)6-9-17(18)25/h4-9,12,30H,10-11H2,1-3H3,(H,26,27,28,29). The molecule has 0 saturated heterocycles. The van der Waals surface area contributed by atoms with Gasteiger partial charge in [-0.2, -0.15) is 10.1 Å². The lowest BCUT2D eigenvalue weighted by Crippen LogP contribution is -2.23. The van der Waals surface area contributed by atoms with Crippen LogP contribution in [0, 0.1) is 12.7 Å². The second-order valence-electron chi connectivity index (χ2n) is 8.04. The fourth-order valence-electron chi connectivity index (χ4n) is 3.30. The van der Waals surface area contributed by atoms with Crippen molar-refractivity contribution in [2.75, 3.05) is 25.4 Å². The predicted octanol–water partition coefficient (Wildman–Crippen LogP) is 3.78. The van der Waals surface area contributed by atoms with Crippen molar-refractivity contribution in [3.63, 3.8) is 0 Å². The maximum absolute atomic E-state index is 14.1. The first-order valence-corrected chi connectivity index (χ1v) is 12.6. The summed E-state index contributed by atoms with van der Waals surface area (Å²) in [6.07, 6.45) is 0.173. The van der Waals surface area contributed by atoms with Crippen molar-refractivity contribution in [1.82, 2.24) is 25.1 Å². The number of amides is 1. The molecule has 0 spiro atoms. The molecule has 36 heavy (non-hydrogen) atoms. The smallest absolute Gasteiger partial charge is 0.264 e. The summed E-state index contributed by atoms with van der Waals surface area (Å²) >= 11 is 5.82. The number of hydrogen-bond donors (Lipinski definition) is 2. The van der Waals surface area contributed by atoms with Crippen molar-refractivity contribution >= 4 is 44.3 Å². The number of benzene rings is 2. The average molecular weight is 533 g/mol. The summed E-state index contributed by atoms with van der Waals surface area (Å²) in [6.45, 7) is 1.92. The molecule has 188 valence electrons. The van der Waals surface area contributed by atoms with Crippen molar-refractivity contribution in [2.45, 2.75) is 18.2 Å². The average Bonchev–Trinajstić information content (AvgIpc) is 3.21. The molecule has 0 saturated carbocycles. The van der Waals surface area contributed by atoms with Gasteiger partial charge in [-0.05, 0) is 49.4 Å². The van der Waals surface area contributed by atoms with E-state index in [1.165, 1.54) is 23.1 Å². The highest BCUT2D eigenvalue weighted by atomic mass is 35.5. The van der Waals surface area contributed by atoms with Gasteiger partial charge in [-0.3, -0.25) is 14.6 Å². The van der Waals surface area contributed by atoms with Crippen LogP contribution < -0.4 is 9.46 Å². The number of sulfonamides is 1. The molecule has 2 aromatic heterocycles. The monoisotopic (exact) mass is 532 g/mol. The largest absolute Gasteiger partial charge is 0.476 e. The van der Waals surface area contributed by atoms with Crippen molar-refractivity contribution in [1.29, 1.82) is 0 Å². The summed E-state index contributed by atoms with van der Waals surface area (Å²) in [5, 5.41) is 7.73. The summed E-state index contributed by atoms with van der Waals surface area (Å²) in [6, 6.07) is 9.49. The number of nitrogens with one attached hydrogen (secondary N) is 2. The number of nitrogens with zero attached hydrogens (tertiary/aromatic N) is 4. The molecule has 10 nitrogen and oxygen atoms in total. The number of hydrogen-bond acceptors (Lipinski definition) is 7. The Hall–Kier alpha value is -3.77. The molecular weight excluding hydrogens is 511 g/mol. The summed E-state index contributed by atoms with van der Waals surface area (Å²) < 4.78 is 47.4. The van der Waals surface area contributed by atoms with Gasteiger partial charge in [-0.15, -0.1) is 0 Å². The number of H-pyrrole nitrogens is 1. The van der Waals surface area contributed by atoms with Crippen LogP contribution >= 0.6 is 11.6 Å². The van der Waals surface area contributed by atoms with Gasteiger partial charge in [0.2, 0.25) is 11.8 Å². The van der Waals surface area contributed by atoms with Crippen molar-refractivity contribution < 1.29 is 22.3 Å². The van der Waals surface area contributed by atoms with Gasteiger partial charge in [-0.1, -0.05) is 11.6 Å². The number of aromatic amines is 1.